The normalized spacial score (nSPS) is 19.7. The van der Waals surface area contributed by atoms with E-state index in [4.69, 9.17) is 9.47 Å². The minimum absolute atomic E-state index is 0.00759. The van der Waals surface area contributed by atoms with Gasteiger partial charge < -0.3 is 14.4 Å². The first-order valence-electron chi connectivity index (χ1n) is 14.1. The number of benzene rings is 2. The zero-order valence-corrected chi connectivity index (χ0v) is 26.6. The van der Waals surface area contributed by atoms with Gasteiger partial charge in [0.1, 0.15) is 29.3 Å². The largest absolute Gasteiger partial charge is 0.458 e. The summed E-state index contributed by atoms with van der Waals surface area (Å²) in [6, 6.07) is 7.74. The number of rotatable bonds is 7. The summed E-state index contributed by atoms with van der Waals surface area (Å²) in [5.74, 6) is -2.18. The molecule has 0 aromatic heterocycles. The SMILES string of the molecule is C[C@@H](C(=O)OC(C)(C)C)N(C(=O)[C@@H]1CCCN1S(=O)(=O)c1ccc(F)cc1)c1ccc(OC(=O)N2CCS(=O)(=O)CC2)cc1. The number of carbonyl (C=O) groups excluding carboxylic acids is 3. The van der Waals surface area contributed by atoms with Gasteiger partial charge in [0.25, 0.3) is 0 Å². The number of esters is 1. The Kier molecular flexibility index (Phi) is 9.71. The fraction of sp³-hybridized carbons (Fsp3) is 0.483. The average Bonchev–Trinajstić information content (AvgIpc) is 3.44. The molecule has 240 valence electrons. The Morgan fingerprint density at radius 2 is 1.57 bits per heavy atom. The molecule has 2 aromatic rings. The van der Waals surface area contributed by atoms with Crippen LogP contribution in [-0.2, 0) is 34.2 Å². The van der Waals surface area contributed by atoms with Gasteiger partial charge in [-0.15, -0.1) is 0 Å². The van der Waals surface area contributed by atoms with Crippen molar-refractivity contribution >= 4 is 43.5 Å². The van der Waals surface area contributed by atoms with Crippen LogP contribution >= 0.6 is 0 Å². The van der Waals surface area contributed by atoms with Crippen molar-refractivity contribution in [2.75, 3.05) is 36.0 Å². The van der Waals surface area contributed by atoms with Gasteiger partial charge in [-0.1, -0.05) is 0 Å². The predicted octanol–water partition coefficient (Wildman–Crippen LogP) is 2.97. The molecule has 44 heavy (non-hydrogen) atoms. The summed E-state index contributed by atoms with van der Waals surface area (Å²) in [5, 5.41) is 0. The molecular weight excluding hydrogens is 617 g/mol. The molecule has 0 radical (unpaired) electrons. The molecule has 0 bridgehead atoms. The van der Waals surface area contributed by atoms with Crippen LogP contribution in [0.2, 0.25) is 0 Å². The fourth-order valence-corrected chi connectivity index (χ4v) is 7.80. The quantitative estimate of drug-likeness (QED) is 0.412. The van der Waals surface area contributed by atoms with Gasteiger partial charge >= 0.3 is 12.1 Å². The summed E-state index contributed by atoms with van der Waals surface area (Å²) >= 11 is 0. The lowest BCUT2D eigenvalue weighted by Gasteiger charge is -2.34. The number of sulfonamides is 1. The van der Waals surface area contributed by atoms with Crippen molar-refractivity contribution in [3.05, 3.63) is 54.3 Å². The van der Waals surface area contributed by atoms with E-state index in [9.17, 15) is 35.6 Å². The lowest BCUT2D eigenvalue weighted by molar-refractivity contribution is -0.157. The van der Waals surface area contributed by atoms with E-state index in [1.807, 2.05) is 0 Å². The van der Waals surface area contributed by atoms with Crippen molar-refractivity contribution in [1.29, 1.82) is 0 Å². The van der Waals surface area contributed by atoms with Crippen molar-refractivity contribution in [2.45, 2.75) is 63.1 Å². The van der Waals surface area contributed by atoms with Crippen molar-refractivity contribution in [3.8, 4) is 5.75 Å². The van der Waals surface area contributed by atoms with Crippen LogP contribution in [0.15, 0.2) is 53.4 Å². The Bertz CT molecular complexity index is 1590. The Balaban J connectivity index is 1.60. The Morgan fingerprint density at radius 3 is 2.14 bits per heavy atom. The smallest absolute Gasteiger partial charge is 0.415 e. The lowest BCUT2D eigenvalue weighted by atomic mass is 10.1. The zero-order chi connectivity index (χ0) is 32.4. The molecule has 4 rings (SSSR count). The fourth-order valence-electron chi connectivity index (χ4n) is 4.95. The molecular formula is C29H36FN3O9S2. The molecule has 0 unspecified atom stereocenters. The second-order valence-electron chi connectivity index (χ2n) is 11.6. The third kappa shape index (κ3) is 7.74. The highest BCUT2D eigenvalue weighted by molar-refractivity contribution is 7.91. The van der Waals surface area contributed by atoms with E-state index in [1.165, 1.54) is 41.0 Å². The maximum Gasteiger partial charge on any atom is 0.415 e. The Labute approximate surface area is 256 Å². The van der Waals surface area contributed by atoms with Crippen molar-refractivity contribution in [3.63, 3.8) is 0 Å². The number of anilines is 1. The van der Waals surface area contributed by atoms with E-state index < -0.39 is 61.3 Å². The van der Waals surface area contributed by atoms with Crippen molar-refractivity contribution < 1.29 is 45.1 Å². The maximum atomic E-state index is 14.1. The van der Waals surface area contributed by atoms with Gasteiger partial charge in [-0.05, 0) is 89.1 Å². The Hall–Kier alpha value is -3.56. The molecule has 0 aliphatic carbocycles. The van der Waals surface area contributed by atoms with E-state index in [-0.39, 0.29) is 53.9 Å². The molecule has 0 N–H and O–H groups in total. The second kappa shape index (κ2) is 12.8. The summed E-state index contributed by atoms with van der Waals surface area (Å²) in [7, 11) is -7.37. The molecule has 0 saturated carbocycles. The van der Waals surface area contributed by atoms with Crippen LogP contribution in [0.1, 0.15) is 40.5 Å². The van der Waals surface area contributed by atoms with Gasteiger partial charge in [0, 0.05) is 25.3 Å². The van der Waals surface area contributed by atoms with E-state index in [0.717, 1.165) is 28.6 Å². The first-order valence-corrected chi connectivity index (χ1v) is 17.4. The van der Waals surface area contributed by atoms with Crippen LogP contribution in [0, 0.1) is 5.82 Å². The van der Waals surface area contributed by atoms with E-state index in [0.29, 0.717) is 6.42 Å². The molecule has 2 atom stereocenters. The molecule has 2 aliphatic heterocycles. The van der Waals surface area contributed by atoms with Crippen LogP contribution in [0.5, 0.6) is 5.75 Å². The molecule has 2 saturated heterocycles. The summed E-state index contributed by atoms with van der Waals surface area (Å²) in [6.45, 7) is 6.58. The zero-order valence-electron chi connectivity index (χ0n) is 24.9. The minimum Gasteiger partial charge on any atom is -0.458 e. The monoisotopic (exact) mass is 653 g/mol. The highest BCUT2D eigenvalue weighted by atomic mass is 32.2. The number of ether oxygens (including phenoxy) is 2. The van der Waals surface area contributed by atoms with Crippen LogP contribution in [0.3, 0.4) is 0 Å². The maximum absolute atomic E-state index is 14.1. The van der Waals surface area contributed by atoms with Crippen LogP contribution in [-0.4, -0.2) is 92.8 Å². The lowest BCUT2D eigenvalue weighted by Crippen LogP contribution is -2.53. The van der Waals surface area contributed by atoms with Crippen molar-refractivity contribution in [1.82, 2.24) is 9.21 Å². The van der Waals surface area contributed by atoms with Gasteiger partial charge in [-0.3, -0.25) is 9.69 Å². The standard InChI is InChI=1S/C29H36FN3O9S2/c1-20(27(35)42-29(2,3)4)33(22-9-11-23(12-10-22)41-28(36)31-16-18-43(37,38)19-17-31)26(34)25-6-5-15-32(25)44(39,40)24-13-7-21(30)8-14-24/h7-14,20,25H,5-6,15-19H2,1-4H3/t20-,25-/m0/s1. The predicted molar refractivity (Wildman–Crippen MR) is 159 cm³/mol. The number of hydrogen-bond acceptors (Lipinski definition) is 9. The van der Waals surface area contributed by atoms with E-state index in [1.54, 1.807) is 20.8 Å². The molecule has 2 aromatic carbocycles. The Morgan fingerprint density at radius 1 is 0.977 bits per heavy atom. The number of carbonyl (C=O) groups is 3. The van der Waals surface area contributed by atoms with Gasteiger partial charge in [-0.25, -0.2) is 30.8 Å². The topological polar surface area (TPSA) is 148 Å². The van der Waals surface area contributed by atoms with Gasteiger partial charge in [0.15, 0.2) is 9.84 Å². The highest BCUT2D eigenvalue weighted by Crippen LogP contribution is 2.31. The van der Waals surface area contributed by atoms with Crippen LogP contribution in [0.4, 0.5) is 14.9 Å². The molecule has 0 spiro atoms. The number of nitrogens with zero attached hydrogens (tertiary/aromatic N) is 3. The third-order valence-electron chi connectivity index (χ3n) is 7.20. The first kappa shape index (κ1) is 33.3. The van der Waals surface area contributed by atoms with E-state index >= 15 is 0 Å². The second-order valence-corrected chi connectivity index (χ2v) is 15.8. The molecule has 15 heteroatoms. The summed E-state index contributed by atoms with van der Waals surface area (Å²) in [6.07, 6.45) is -0.147. The number of halogens is 1. The molecule has 2 fully saturated rings. The molecule has 2 heterocycles. The third-order valence-corrected chi connectivity index (χ3v) is 10.7. The summed E-state index contributed by atoms with van der Waals surface area (Å²) < 4.78 is 75.8. The average molecular weight is 654 g/mol. The summed E-state index contributed by atoms with van der Waals surface area (Å²) in [5.41, 5.74) is -0.639. The number of sulfone groups is 1. The van der Waals surface area contributed by atoms with Gasteiger partial charge in [0.2, 0.25) is 15.9 Å². The first-order chi connectivity index (χ1) is 20.5. The van der Waals surface area contributed by atoms with Gasteiger partial charge in [0.05, 0.1) is 16.4 Å². The molecule has 2 aliphatic rings. The summed E-state index contributed by atoms with van der Waals surface area (Å²) in [4.78, 5) is 42.1. The van der Waals surface area contributed by atoms with Crippen molar-refractivity contribution in [2.24, 2.45) is 0 Å². The molecule has 2 amide bonds. The number of hydrogen-bond donors (Lipinski definition) is 0. The number of amides is 2. The van der Waals surface area contributed by atoms with Gasteiger partial charge in [-0.2, -0.15) is 4.31 Å². The van der Waals surface area contributed by atoms with E-state index in [2.05, 4.69) is 0 Å². The molecule has 12 nitrogen and oxygen atoms in total. The minimum atomic E-state index is -4.18. The van der Waals surface area contributed by atoms with Crippen LogP contribution < -0.4 is 9.64 Å². The highest BCUT2D eigenvalue weighted by Gasteiger charge is 2.44. The van der Waals surface area contributed by atoms with Crippen LogP contribution in [0.25, 0.3) is 0 Å².